The molecular formula is C21H21N3O2. The van der Waals surface area contributed by atoms with Gasteiger partial charge in [-0.1, -0.05) is 37.3 Å². The van der Waals surface area contributed by atoms with Gasteiger partial charge in [-0.25, -0.2) is 0 Å². The van der Waals surface area contributed by atoms with Gasteiger partial charge in [-0.3, -0.25) is 9.59 Å². The predicted octanol–water partition coefficient (Wildman–Crippen LogP) is 4.22. The predicted molar refractivity (Wildman–Crippen MR) is 103 cm³/mol. The normalized spacial score (nSPS) is 10.8. The highest BCUT2D eigenvalue weighted by atomic mass is 16.1. The molecule has 2 aromatic carbocycles. The van der Waals surface area contributed by atoms with E-state index in [1.807, 2.05) is 38.1 Å². The van der Waals surface area contributed by atoms with E-state index < -0.39 is 5.91 Å². The van der Waals surface area contributed by atoms with E-state index >= 15 is 0 Å². The molecule has 0 spiro atoms. The molecule has 2 rings (SSSR count). The smallest absolute Gasteiger partial charge is 0.267 e. The van der Waals surface area contributed by atoms with E-state index in [1.165, 1.54) is 13.1 Å². The van der Waals surface area contributed by atoms with Crippen LogP contribution in [0.15, 0.2) is 54.2 Å². The number of nitriles is 1. The summed E-state index contributed by atoms with van der Waals surface area (Å²) < 4.78 is 0. The number of hydrogen-bond acceptors (Lipinski definition) is 4. The highest BCUT2D eigenvalue weighted by Gasteiger charge is 2.11. The van der Waals surface area contributed by atoms with Gasteiger partial charge in [0.1, 0.15) is 11.6 Å². The first kappa shape index (κ1) is 18.9. The molecule has 2 N–H and O–H groups in total. The Hall–Kier alpha value is -3.39. The lowest BCUT2D eigenvalue weighted by molar-refractivity contribution is -0.112. The number of nitrogens with one attached hydrogen (secondary N) is 2. The number of aryl methyl sites for hydroxylation is 2. The zero-order valence-corrected chi connectivity index (χ0v) is 15.1. The molecule has 26 heavy (non-hydrogen) atoms. The summed E-state index contributed by atoms with van der Waals surface area (Å²) in [6.45, 7) is 5.47. The number of carbonyl (C=O) groups excluding carboxylic acids is 2. The van der Waals surface area contributed by atoms with Gasteiger partial charge < -0.3 is 10.6 Å². The Bertz CT molecular complexity index is 908. The highest BCUT2D eigenvalue weighted by molar-refractivity contribution is 6.07. The van der Waals surface area contributed by atoms with Crippen molar-refractivity contribution in [1.29, 1.82) is 5.26 Å². The summed E-state index contributed by atoms with van der Waals surface area (Å²) in [5.41, 5.74) is 3.95. The molecule has 2 aromatic rings. The lowest BCUT2D eigenvalue weighted by Crippen LogP contribution is -2.15. The van der Waals surface area contributed by atoms with Crippen LogP contribution >= 0.6 is 0 Å². The monoisotopic (exact) mass is 347 g/mol. The summed E-state index contributed by atoms with van der Waals surface area (Å²) in [7, 11) is 0. The fourth-order valence-electron chi connectivity index (χ4n) is 2.54. The van der Waals surface area contributed by atoms with E-state index in [0.29, 0.717) is 11.3 Å². The first-order chi connectivity index (χ1) is 12.5. The molecule has 0 heterocycles. The Kier molecular flexibility index (Phi) is 6.29. The van der Waals surface area contributed by atoms with Crippen molar-refractivity contribution in [3.05, 3.63) is 70.9 Å². The minimum absolute atomic E-state index is 0.0523. The van der Waals surface area contributed by atoms with Crippen molar-refractivity contribution in [1.82, 2.24) is 0 Å². The topological polar surface area (TPSA) is 82.0 Å². The number of carbonyl (C=O) groups is 2. The first-order valence-electron chi connectivity index (χ1n) is 8.34. The van der Waals surface area contributed by atoms with Crippen molar-refractivity contribution in [2.45, 2.75) is 27.2 Å². The summed E-state index contributed by atoms with van der Waals surface area (Å²) in [5.74, 6) is -0.627. The Morgan fingerprint density at radius 3 is 2.58 bits per heavy atom. The van der Waals surface area contributed by atoms with Gasteiger partial charge >= 0.3 is 0 Å². The molecule has 0 fully saturated rings. The van der Waals surface area contributed by atoms with Crippen LogP contribution in [0.3, 0.4) is 0 Å². The molecule has 5 nitrogen and oxygen atoms in total. The van der Waals surface area contributed by atoms with Crippen molar-refractivity contribution < 1.29 is 9.59 Å². The van der Waals surface area contributed by atoms with Crippen molar-refractivity contribution >= 4 is 23.1 Å². The molecule has 132 valence electrons. The molecule has 0 aliphatic carbocycles. The third-order valence-corrected chi connectivity index (χ3v) is 3.99. The average Bonchev–Trinajstić information content (AvgIpc) is 2.63. The van der Waals surface area contributed by atoms with E-state index in [0.717, 1.165) is 23.2 Å². The van der Waals surface area contributed by atoms with Crippen LogP contribution in [0.1, 0.15) is 35.3 Å². The molecule has 5 heteroatoms. The van der Waals surface area contributed by atoms with Crippen LogP contribution in [-0.4, -0.2) is 11.7 Å². The molecule has 0 unspecified atom stereocenters. The maximum Gasteiger partial charge on any atom is 0.267 e. The van der Waals surface area contributed by atoms with Crippen molar-refractivity contribution in [2.75, 3.05) is 10.6 Å². The molecule has 0 bridgehead atoms. The van der Waals surface area contributed by atoms with Crippen LogP contribution < -0.4 is 10.6 Å². The van der Waals surface area contributed by atoms with Gasteiger partial charge in [-0.15, -0.1) is 0 Å². The van der Waals surface area contributed by atoms with Gasteiger partial charge in [0.15, 0.2) is 5.78 Å². The van der Waals surface area contributed by atoms with Crippen LogP contribution in [0.4, 0.5) is 11.4 Å². The lowest BCUT2D eigenvalue weighted by Gasteiger charge is -2.11. The Morgan fingerprint density at radius 2 is 1.92 bits per heavy atom. The molecule has 0 saturated carbocycles. The number of rotatable bonds is 6. The van der Waals surface area contributed by atoms with Gasteiger partial charge in [0.05, 0.1) is 0 Å². The molecule has 0 aliphatic heterocycles. The van der Waals surface area contributed by atoms with Gasteiger partial charge in [-0.2, -0.15) is 5.26 Å². The zero-order chi connectivity index (χ0) is 19.1. The standard InChI is InChI=1S/C21H21N3O2/c1-4-16-8-5-7-14(2)20(16)23-13-18(12-22)21(26)24-19-10-6-9-17(11-19)15(3)25/h5-11,13,23H,4H2,1-3H3,(H,24,26)/b18-13-. The summed E-state index contributed by atoms with van der Waals surface area (Å²) in [6.07, 6.45) is 2.25. The molecule has 0 aliphatic rings. The second kappa shape index (κ2) is 8.63. The molecule has 0 radical (unpaired) electrons. The number of amides is 1. The first-order valence-corrected chi connectivity index (χ1v) is 8.34. The minimum atomic E-state index is -0.535. The molecule has 0 atom stereocenters. The lowest BCUT2D eigenvalue weighted by atomic mass is 10.1. The van der Waals surface area contributed by atoms with Crippen LogP contribution in [-0.2, 0) is 11.2 Å². The largest absolute Gasteiger partial charge is 0.360 e. The fourth-order valence-corrected chi connectivity index (χ4v) is 2.54. The molecule has 0 saturated heterocycles. The van der Waals surface area contributed by atoms with E-state index in [1.54, 1.807) is 24.3 Å². The number of anilines is 2. The SMILES string of the molecule is CCc1cccc(C)c1N/C=C(/C#N)C(=O)Nc1cccc(C(C)=O)c1. The molecule has 0 aromatic heterocycles. The Morgan fingerprint density at radius 1 is 1.19 bits per heavy atom. The molecular weight excluding hydrogens is 326 g/mol. The fraction of sp³-hybridized carbons (Fsp3) is 0.190. The van der Waals surface area contributed by atoms with Crippen molar-refractivity contribution in [2.24, 2.45) is 0 Å². The van der Waals surface area contributed by atoms with Gasteiger partial charge in [0.2, 0.25) is 0 Å². The molecule has 1 amide bonds. The number of hydrogen-bond donors (Lipinski definition) is 2. The van der Waals surface area contributed by atoms with E-state index in [9.17, 15) is 14.9 Å². The second-order valence-corrected chi connectivity index (χ2v) is 5.87. The summed E-state index contributed by atoms with van der Waals surface area (Å²) in [6, 6.07) is 14.5. The maximum atomic E-state index is 12.4. The zero-order valence-electron chi connectivity index (χ0n) is 15.1. The Balaban J connectivity index is 2.19. The number of Topliss-reactive ketones (excluding diaryl/α,β-unsaturated/α-hetero) is 1. The van der Waals surface area contributed by atoms with Crippen LogP contribution in [0.2, 0.25) is 0 Å². The maximum absolute atomic E-state index is 12.4. The summed E-state index contributed by atoms with van der Waals surface area (Å²) in [5, 5.41) is 15.0. The number of para-hydroxylation sites is 1. The van der Waals surface area contributed by atoms with Gasteiger partial charge in [-0.05, 0) is 43.5 Å². The number of nitrogens with zero attached hydrogens (tertiary/aromatic N) is 1. The third-order valence-electron chi connectivity index (χ3n) is 3.99. The van der Waals surface area contributed by atoms with Crippen molar-refractivity contribution in [3.8, 4) is 6.07 Å². The summed E-state index contributed by atoms with van der Waals surface area (Å²) in [4.78, 5) is 23.8. The van der Waals surface area contributed by atoms with Crippen LogP contribution in [0.25, 0.3) is 0 Å². The van der Waals surface area contributed by atoms with Gasteiger partial charge in [0.25, 0.3) is 5.91 Å². The minimum Gasteiger partial charge on any atom is -0.360 e. The van der Waals surface area contributed by atoms with E-state index in [2.05, 4.69) is 10.6 Å². The Labute approximate surface area is 153 Å². The van der Waals surface area contributed by atoms with Crippen molar-refractivity contribution in [3.63, 3.8) is 0 Å². The van der Waals surface area contributed by atoms with Crippen LogP contribution in [0.5, 0.6) is 0 Å². The van der Waals surface area contributed by atoms with Crippen LogP contribution in [0, 0.1) is 18.3 Å². The summed E-state index contributed by atoms with van der Waals surface area (Å²) >= 11 is 0. The second-order valence-electron chi connectivity index (χ2n) is 5.87. The van der Waals surface area contributed by atoms with E-state index in [-0.39, 0.29) is 11.4 Å². The van der Waals surface area contributed by atoms with Gasteiger partial charge in [0, 0.05) is 23.1 Å². The quantitative estimate of drug-likeness (QED) is 0.466. The third kappa shape index (κ3) is 4.58. The average molecular weight is 347 g/mol. The number of ketones is 1. The number of benzene rings is 2. The van der Waals surface area contributed by atoms with E-state index in [4.69, 9.17) is 0 Å². The highest BCUT2D eigenvalue weighted by Crippen LogP contribution is 2.21.